The lowest BCUT2D eigenvalue weighted by Crippen LogP contribution is -2.00. The van der Waals surface area contributed by atoms with Crippen molar-refractivity contribution in [1.29, 1.82) is 0 Å². The predicted octanol–water partition coefficient (Wildman–Crippen LogP) is 3.06. The van der Waals surface area contributed by atoms with Crippen LogP contribution in [0, 0.1) is 0 Å². The molecular weight excluding hydrogens is 170 g/mol. The topological polar surface area (TPSA) is 23.8 Å². The van der Waals surface area contributed by atoms with Gasteiger partial charge in [-0.15, -0.1) is 0 Å². The maximum atomic E-state index is 8.05. The highest BCUT2D eigenvalue weighted by Crippen LogP contribution is 2.19. The van der Waals surface area contributed by atoms with Crippen molar-refractivity contribution in [2.24, 2.45) is 0 Å². The van der Waals surface area contributed by atoms with Gasteiger partial charge in [-0.25, -0.2) is 5.73 Å². The fourth-order valence-electron chi connectivity index (χ4n) is 1.48. The van der Waals surface area contributed by atoms with Crippen LogP contribution in [0.25, 0.3) is 0 Å². The van der Waals surface area contributed by atoms with E-state index in [0.717, 1.165) is 11.1 Å². The van der Waals surface area contributed by atoms with Gasteiger partial charge in [0.25, 0.3) is 0 Å². The number of hydrogen-bond acceptors (Lipinski definition) is 0. The second kappa shape index (κ2) is 4.07. The Morgan fingerprint density at radius 2 is 1.00 bits per heavy atom. The summed E-state index contributed by atoms with van der Waals surface area (Å²) in [5.41, 5.74) is 10.1. The molecule has 0 bridgehead atoms. The number of benzene rings is 2. The summed E-state index contributed by atoms with van der Waals surface area (Å²) in [4.78, 5) is 0. The van der Waals surface area contributed by atoms with Gasteiger partial charge in [0.15, 0.2) is 0 Å². The van der Waals surface area contributed by atoms with Crippen LogP contribution in [0.2, 0.25) is 0 Å². The monoisotopic (exact) mass is 182 g/mol. The molecule has 0 heterocycles. The van der Waals surface area contributed by atoms with Gasteiger partial charge in [-0.2, -0.15) is 0 Å². The van der Waals surface area contributed by atoms with E-state index >= 15 is 0 Å². The third kappa shape index (κ3) is 1.83. The lowest BCUT2D eigenvalue weighted by molar-refractivity contribution is 0.839. The molecule has 0 saturated heterocycles. The van der Waals surface area contributed by atoms with E-state index in [1.54, 1.807) is 0 Å². The van der Waals surface area contributed by atoms with Crippen LogP contribution >= 0.6 is 0 Å². The lowest BCUT2D eigenvalue weighted by Gasteiger charge is -2.10. The molecule has 0 unspecified atom stereocenters. The first-order valence-corrected chi connectivity index (χ1v) is 4.69. The van der Waals surface area contributed by atoms with E-state index < -0.39 is 0 Å². The van der Waals surface area contributed by atoms with E-state index in [0.29, 0.717) is 0 Å². The van der Waals surface area contributed by atoms with Crippen LogP contribution < -0.4 is 5.73 Å². The molecule has 1 nitrogen and oxygen atoms in total. The quantitative estimate of drug-likeness (QED) is 0.681. The van der Waals surface area contributed by atoms with Gasteiger partial charge >= 0.3 is 0 Å². The van der Waals surface area contributed by atoms with Gasteiger partial charge in [-0.1, -0.05) is 60.7 Å². The summed E-state index contributed by atoms with van der Waals surface area (Å²) < 4.78 is 0. The predicted molar refractivity (Wildman–Crippen MR) is 57.8 cm³/mol. The van der Waals surface area contributed by atoms with Crippen molar-refractivity contribution in [3.63, 3.8) is 0 Å². The van der Waals surface area contributed by atoms with Crippen molar-refractivity contribution in [2.45, 2.75) is 6.04 Å². The number of hydrogen-bond donors (Lipinski definition) is 0. The normalized spacial score (nSPS) is 10.4. The average Bonchev–Trinajstić information content (AvgIpc) is 2.30. The standard InChI is InChI=1S/C13H12N/c14-13(11-7-3-1-4-8-11)12-9-5-2-6-10-12/h1-10,13-14H. The molecule has 1 radical (unpaired) electrons. The van der Waals surface area contributed by atoms with Gasteiger partial charge in [0.2, 0.25) is 0 Å². The van der Waals surface area contributed by atoms with Crippen LogP contribution in [-0.2, 0) is 0 Å². The Kier molecular flexibility index (Phi) is 2.61. The number of nitrogens with one attached hydrogen (secondary N) is 1. The minimum Gasteiger partial charge on any atom is -0.245 e. The zero-order chi connectivity index (χ0) is 9.80. The smallest absolute Gasteiger partial charge is 0.0712 e. The highest BCUT2D eigenvalue weighted by atomic mass is 14.6. The molecule has 14 heavy (non-hydrogen) atoms. The summed E-state index contributed by atoms with van der Waals surface area (Å²) in [7, 11) is 0. The third-order valence-corrected chi connectivity index (χ3v) is 2.27. The number of rotatable bonds is 2. The van der Waals surface area contributed by atoms with Gasteiger partial charge in [-0.3, -0.25) is 0 Å². The Morgan fingerprint density at radius 3 is 1.36 bits per heavy atom. The SMILES string of the molecule is [NH]C(c1ccccc1)c1ccccc1. The Bertz CT molecular complexity index is 341. The molecule has 2 rings (SSSR count). The van der Waals surface area contributed by atoms with Gasteiger partial charge < -0.3 is 0 Å². The molecule has 0 spiro atoms. The summed E-state index contributed by atoms with van der Waals surface area (Å²) in [5.74, 6) is 0. The van der Waals surface area contributed by atoms with Crippen molar-refractivity contribution in [3.05, 3.63) is 71.8 Å². The van der Waals surface area contributed by atoms with Crippen LogP contribution in [0.5, 0.6) is 0 Å². The summed E-state index contributed by atoms with van der Waals surface area (Å²) in [5, 5.41) is 0. The second-order valence-electron chi connectivity index (χ2n) is 3.25. The fourth-order valence-corrected chi connectivity index (χ4v) is 1.48. The first kappa shape index (κ1) is 8.97. The van der Waals surface area contributed by atoms with Crippen LogP contribution in [0.3, 0.4) is 0 Å². The summed E-state index contributed by atoms with van der Waals surface area (Å²) in [6, 6.07) is 19.5. The second-order valence-corrected chi connectivity index (χ2v) is 3.25. The molecule has 0 atom stereocenters. The van der Waals surface area contributed by atoms with E-state index in [9.17, 15) is 0 Å². The van der Waals surface area contributed by atoms with E-state index in [1.807, 2.05) is 60.7 Å². The molecule has 0 aliphatic carbocycles. The summed E-state index contributed by atoms with van der Waals surface area (Å²) in [6.07, 6.45) is 0. The van der Waals surface area contributed by atoms with E-state index in [1.165, 1.54) is 0 Å². The molecule has 2 aromatic carbocycles. The Balaban J connectivity index is 2.30. The largest absolute Gasteiger partial charge is 0.245 e. The maximum Gasteiger partial charge on any atom is 0.0712 e. The molecule has 0 saturated carbocycles. The van der Waals surface area contributed by atoms with Crippen LogP contribution in [0.15, 0.2) is 60.7 Å². The van der Waals surface area contributed by atoms with Crippen molar-refractivity contribution >= 4 is 0 Å². The third-order valence-electron chi connectivity index (χ3n) is 2.27. The van der Waals surface area contributed by atoms with Gasteiger partial charge in [0.1, 0.15) is 0 Å². The average molecular weight is 182 g/mol. The van der Waals surface area contributed by atoms with E-state index in [2.05, 4.69) is 0 Å². The molecule has 0 aliphatic heterocycles. The van der Waals surface area contributed by atoms with Gasteiger partial charge in [-0.05, 0) is 11.1 Å². The highest BCUT2D eigenvalue weighted by Gasteiger charge is 2.07. The van der Waals surface area contributed by atoms with Crippen molar-refractivity contribution < 1.29 is 0 Å². The Hall–Kier alpha value is -1.60. The fraction of sp³-hybridized carbons (Fsp3) is 0.0769. The van der Waals surface area contributed by atoms with Crippen molar-refractivity contribution in [3.8, 4) is 0 Å². The zero-order valence-corrected chi connectivity index (χ0v) is 7.85. The molecule has 1 heteroatoms. The van der Waals surface area contributed by atoms with Crippen molar-refractivity contribution in [2.75, 3.05) is 0 Å². The first-order chi connectivity index (χ1) is 6.88. The first-order valence-electron chi connectivity index (χ1n) is 4.69. The molecule has 0 aliphatic rings. The van der Waals surface area contributed by atoms with Crippen LogP contribution in [0.4, 0.5) is 0 Å². The Morgan fingerprint density at radius 1 is 0.643 bits per heavy atom. The molecule has 0 aromatic heterocycles. The highest BCUT2D eigenvalue weighted by molar-refractivity contribution is 5.30. The van der Waals surface area contributed by atoms with Crippen LogP contribution in [-0.4, -0.2) is 0 Å². The van der Waals surface area contributed by atoms with Crippen LogP contribution in [0.1, 0.15) is 17.2 Å². The van der Waals surface area contributed by atoms with Gasteiger partial charge in [0, 0.05) is 0 Å². The molecule has 0 fully saturated rings. The molecule has 69 valence electrons. The van der Waals surface area contributed by atoms with Gasteiger partial charge in [0.05, 0.1) is 6.04 Å². The summed E-state index contributed by atoms with van der Waals surface area (Å²) in [6.45, 7) is 0. The molecule has 0 amide bonds. The molecule has 2 aromatic rings. The molecular formula is C13H12N. The summed E-state index contributed by atoms with van der Waals surface area (Å²) >= 11 is 0. The minimum atomic E-state index is -0.266. The molecule has 1 N–H and O–H groups in total. The van der Waals surface area contributed by atoms with E-state index in [-0.39, 0.29) is 6.04 Å². The maximum absolute atomic E-state index is 8.05. The van der Waals surface area contributed by atoms with Crippen molar-refractivity contribution in [1.82, 2.24) is 5.73 Å². The minimum absolute atomic E-state index is 0.266. The zero-order valence-electron chi connectivity index (χ0n) is 7.85. The van der Waals surface area contributed by atoms with E-state index in [4.69, 9.17) is 5.73 Å². The Labute approximate surface area is 84.2 Å². The lowest BCUT2D eigenvalue weighted by atomic mass is 10.00.